The van der Waals surface area contributed by atoms with Crippen LogP contribution in [-0.2, 0) is 0 Å². The van der Waals surface area contributed by atoms with Crippen molar-refractivity contribution in [2.24, 2.45) is 11.5 Å². The second kappa shape index (κ2) is 8.08. The SMILES string of the molecule is Cl.N=C(N)c1ccc2oc(/C=C/C=C/c3cc4cc(C(=N)N)ccc4o3)cc2c1. The highest BCUT2D eigenvalue weighted by Gasteiger charge is 2.05. The van der Waals surface area contributed by atoms with Crippen molar-refractivity contribution in [3.63, 3.8) is 0 Å². The molecule has 6 nitrogen and oxygen atoms in total. The Kier molecular flexibility index (Phi) is 5.57. The molecule has 0 aliphatic rings. The molecule has 29 heavy (non-hydrogen) atoms. The van der Waals surface area contributed by atoms with Gasteiger partial charge in [0, 0.05) is 21.9 Å². The number of hydrogen-bond donors (Lipinski definition) is 4. The molecule has 2 aromatic carbocycles. The van der Waals surface area contributed by atoms with Crippen LogP contribution < -0.4 is 11.5 Å². The Morgan fingerprint density at radius 3 is 1.48 bits per heavy atom. The van der Waals surface area contributed by atoms with Crippen LogP contribution in [-0.4, -0.2) is 11.7 Å². The molecule has 0 bridgehead atoms. The minimum absolute atomic E-state index is 0. The minimum Gasteiger partial charge on any atom is -0.457 e. The first-order valence-electron chi connectivity index (χ1n) is 8.60. The van der Waals surface area contributed by atoms with E-state index < -0.39 is 0 Å². The van der Waals surface area contributed by atoms with E-state index in [4.69, 9.17) is 31.1 Å². The van der Waals surface area contributed by atoms with Crippen molar-refractivity contribution in [3.05, 3.63) is 83.3 Å². The molecule has 0 amide bonds. The molecule has 0 saturated heterocycles. The molecule has 0 atom stereocenters. The van der Waals surface area contributed by atoms with Gasteiger partial charge in [0.2, 0.25) is 0 Å². The molecule has 0 unspecified atom stereocenters. The van der Waals surface area contributed by atoms with Crippen LogP contribution in [0.4, 0.5) is 0 Å². The third-order valence-corrected chi connectivity index (χ3v) is 4.32. The summed E-state index contributed by atoms with van der Waals surface area (Å²) in [6.07, 6.45) is 7.41. The first kappa shape index (κ1) is 20.0. The van der Waals surface area contributed by atoms with E-state index in [-0.39, 0.29) is 24.1 Å². The second-order valence-corrected chi connectivity index (χ2v) is 6.35. The summed E-state index contributed by atoms with van der Waals surface area (Å²) < 4.78 is 11.5. The fourth-order valence-electron chi connectivity index (χ4n) is 2.93. The van der Waals surface area contributed by atoms with Gasteiger partial charge in [-0.25, -0.2) is 0 Å². The molecule has 146 valence electrons. The molecule has 2 aromatic heterocycles. The number of halogens is 1. The smallest absolute Gasteiger partial charge is 0.134 e. The Hall–Kier alpha value is -3.77. The topological polar surface area (TPSA) is 126 Å². The van der Waals surface area contributed by atoms with Crippen LogP contribution in [0.5, 0.6) is 0 Å². The Bertz CT molecular complexity index is 1180. The fraction of sp³-hybridized carbons (Fsp3) is 0. The van der Waals surface area contributed by atoms with Gasteiger partial charge in [0.15, 0.2) is 0 Å². The zero-order valence-corrected chi connectivity index (χ0v) is 16.1. The van der Waals surface area contributed by atoms with Crippen LogP contribution in [0.3, 0.4) is 0 Å². The largest absolute Gasteiger partial charge is 0.457 e. The summed E-state index contributed by atoms with van der Waals surface area (Å²) in [4.78, 5) is 0. The van der Waals surface area contributed by atoms with Gasteiger partial charge in [0.1, 0.15) is 34.4 Å². The molecule has 0 fully saturated rings. The number of rotatable bonds is 5. The van der Waals surface area contributed by atoms with E-state index >= 15 is 0 Å². The maximum Gasteiger partial charge on any atom is 0.134 e. The van der Waals surface area contributed by atoms with E-state index in [0.29, 0.717) is 22.6 Å². The van der Waals surface area contributed by atoms with Crippen LogP contribution in [0.15, 0.2) is 69.5 Å². The van der Waals surface area contributed by atoms with Gasteiger partial charge in [-0.1, -0.05) is 12.2 Å². The molecule has 4 aromatic rings. The van der Waals surface area contributed by atoms with Gasteiger partial charge in [-0.05, 0) is 60.7 Å². The lowest BCUT2D eigenvalue weighted by atomic mass is 10.1. The van der Waals surface area contributed by atoms with Crippen molar-refractivity contribution in [2.45, 2.75) is 0 Å². The standard InChI is InChI=1S/C22H18N4O2.ClH/c23-21(24)13-5-7-19-15(9-13)11-17(27-19)3-1-2-4-18-12-16-10-14(22(25)26)6-8-20(16)28-18;/h1-12H,(H3,23,24)(H3,25,26);1H/b3-1+,4-2+;. The lowest BCUT2D eigenvalue weighted by Crippen LogP contribution is -2.10. The highest BCUT2D eigenvalue weighted by molar-refractivity contribution is 5.99. The van der Waals surface area contributed by atoms with Crippen molar-refractivity contribution in [1.82, 2.24) is 0 Å². The number of nitrogen functional groups attached to an aromatic ring is 2. The van der Waals surface area contributed by atoms with E-state index in [9.17, 15) is 0 Å². The summed E-state index contributed by atoms with van der Waals surface area (Å²) in [6, 6.07) is 14.6. The third-order valence-electron chi connectivity index (χ3n) is 4.32. The molecule has 4 rings (SSSR count). The van der Waals surface area contributed by atoms with Crippen molar-refractivity contribution in [1.29, 1.82) is 10.8 Å². The zero-order chi connectivity index (χ0) is 19.7. The average Bonchev–Trinajstić information content (AvgIpc) is 3.26. The summed E-state index contributed by atoms with van der Waals surface area (Å²) in [5, 5.41) is 16.8. The number of furan rings is 2. The van der Waals surface area contributed by atoms with Gasteiger partial charge in [-0.2, -0.15) is 0 Å². The summed E-state index contributed by atoms with van der Waals surface area (Å²) in [7, 11) is 0. The Labute approximate surface area is 172 Å². The van der Waals surface area contributed by atoms with Crippen LogP contribution in [0.1, 0.15) is 22.6 Å². The monoisotopic (exact) mass is 406 g/mol. The lowest BCUT2D eigenvalue weighted by Gasteiger charge is -1.95. The van der Waals surface area contributed by atoms with Crippen LogP contribution >= 0.6 is 12.4 Å². The van der Waals surface area contributed by atoms with E-state index in [0.717, 1.165) is 21.9 Å². The van der Waals surface area contributed by atoms with Crippen molar-refractivity contribution < 1.29 is 8.83 Å². The summed E-state index contributed by atoms with van der Waals surface area (Å²) >= 11 is 0. The quantitative estimate of drug-likeness (QED) is 0.213. The molecule has 0 radical (unpaired) electrons. The van der Waals surface area contributed by atoms with Gasteiger partial charge in [0.05, 0.1) is 0 Å². The molecular formula is C22H19ClN4O2. The lowest BCUT2D eigenvalue weighted by molar-refractivity contribution is 0.603. The first-order valence-corrected chi connectivity index (χ1v) is 8.60. The molecule has 2 heterocycles. The zero-order valence-electron chi connectivity index (χ0n) is 15.3. The van der Waals surface area contributed by atoms with Crippen molar-refractivity contribution >= 4 is 58.2 Å². The van der Waals surface area contributed by atoms with E-state index in [1.807, 2.05) is 60.7 Å². The summed E-state index contributed by atoms with van der Waals surface area (Å²) in [6.45, 7) is 0. The number of benzene rings is 2. The fourth-order valence-corrected chi connectivity index (χ4v) is 2.93. The summed E-state index contributed by atoms with van der Waals surface area (Å²) in [5.41, 5.74) is 13.9. The maximum absolute atomic E-state index is 7.51. The normalized spacial score (nSPS) is 11.4. The summed E-state index contributed by atoms with van der Waals surface area (Å²) in [5.74, 6) is 1.47. The molecule has 7 heteroatoms. The second-order valence-electron chi connectivity index (χ2n) is 6.35. The Balaban J connectivity index is 0.00000240. The third kappa shape index (κ3) is 4.23. The van der Waals surface area contributed by atoms with Crippen LogP contribution in [0.25, 0.3) is 34.1 Å². The first-order chi connectivity index (χ1) is 13.5. The number of allylic oxidation sites excluding steroid dienone is 2. The molecule has 6 N–H and O–H groups in total. The predicted octanol–water partition coefficient (Wildman–Crippen LogP) is 4.90. The van der Waals surface area contributed by atoms with Gasteiger partial charge in [-0.3, -0.25) is 10.8 Å². The molecule has 0 aliphatic heterocycles. The van der Waals surface area contributed by atoms with Crippen molar-refractivity contribution in [3.8, 4) is 0 Å². The van der Waals surface area contributed by atoms with Gasteiger partial charge in [0.25, 0.3) is 0 Å². The Morgan fingerprint density at radius 1 is 0.690 bits per heavy atom. The van der Waals surface area contributed by atoms with Crippen LogP contribution in [0, 0.1) is 10.8 Å². The average molecular weight is 407 g/mol. The van der Waals surface area contributed by atoms with Crippen LogP contribution in [0.2, 0.25) is 0 Å². The number of hydrogen-bond acceptors (Lipinski definition) is 4. The molecular weight excluding hydrogens is 388 g/mol. The Morgan fingerprint density at radius 2 is 1.10 bits per heavy atom. The minimum atomic E-state index is 0. The van der Waals surface area contributed by atoms with Gasteiger partial charge >= 0.3 is 0 Å². The predicted molar refractivity (Wildman–Crippen MR) is 120 cm³/mol. The maximum atomic E-state index is 7.51. The molecule has 0 aliphatic carbocycles. The number of amidine groups is 2. The van der Waals surface area contributed by atoms with Gasteiger partial charge < -0.3 is 20.3 Å². The van der Waals surface area contributed by atoms with Crippen molar-refractivity contribution in [2.75, 3.05) is 0 Å². The van der Waals surface area contributed by atoms with Gasteiger partial charge in [-0.15, -0.1) is 12.4 Å². The number of nitrogens with two attached hydrogens (primary N) is 2. The van der Waals surface area contributed by atoms with E-state index in [1.165, 1.54) is 0 Å². The molecule has 0 spiro atoms. The highest BCUT2D eigenvalue weighted by atomic mass is 35.5. The van der Waals surface area contributed by atoms with E-state index in [1.54, 1.807) is 12.1 Å². The number of fused-ring (bicyclic) bond motifs is 2. The molecule has 0 saturated carbocycles. The van der Waals surface area contributed by atoms with E-state index in [2.05, 4.69) is 0 Å². The number of nitrogens with one attached hydrogen (secondary N) is 2. The highest BCUT2D eigenvalue weighted by Crippen LogP contribution is 2.23.